The van der Waals surface area contributed by atoms with Gasteiger partial charge in [-0.15, -0.1) is 35.3 Å². The first kappa shape index (κ1) is 25.1. The molecule has 0 unspecified atom stereocenters. The van der Waals surface area contributed by atoms with Crippen LogP contribution in [0.4, 0.5) is 17.6 Å². The molecule has 0 spiro atoms. The molecule has 0 saturated heterocycles. The quantitative estimate of drug-likeness (QED) is 0.165. The molecule has 12 heteroatoms. The Balaban J connectivity index is 0.00000420. The molecule has 29 heavy (non-hydrogen) atoms. The second-order valence-corrected chi connectivity index (χ2v) is 6.58. The number of nitrogens with one attached hydrogen (secondary N) is 3. The summed E-state index contributed by atoms with van der Waals surface area (Å²) in [5.41, 5.74) is -0.345. The van der Waals surface area contributed by atoms with Crippen molar-refractivity contribution in [2.24, 2.45) is 4.99 Å². The Morgan fingerprint density at radius 3 is 2.55 bits per heavy atom. The van der Waals surface area contributed by atoms with E-state index in [4.69, 9.17) is 0 Å². The zero-order valence-corrected chi connectivity index (χ0v) is 18.5. The van der Waals surface area contributed by atoms with Crippen LogP contribution in [0, 0.1) is 5.82 Å². The molecular weight excluding hydrogens is 525 g/mol. The highest BCUT2D eigenvalue weighted by atomic mass is 127. The average Bonchev–Trinajstić information content (AvgIpc) is 3.10. The largest absolute Gasteiger partial charge is 0.434 e. The van der Waals surface area contributed by atoms with E-state index in [1.807, 2.05) is 0 Å². The molecule has 1 aromatic heterocycles. The van der Waals surface area contributed by atoms with E-state index in [-0.39, 0.29) is 47.9 Å². The fourth-order valence-corrected chi connectivity index (χ4v) is 2.92. The zero-order chi connectivity index (χ0) is 20.6. The predicted octanol–water partition coefficient (Wildman–Crippen LogP) is 2.94. The molecule has 0 aliphatic carbocycles. The van der Waals surface area contributed by atoms with Crippen molar-refractivity contribution in [3.05, 3.63) is 51.7 Å². The van der Waals surface area contributed by atoms with Crippen molar-refractivity contribution in [1.82, 2.24) is 20.9 Å². The minimum absolute atomic E-state index is 0. The number of nitrogens with zero attached hydrogens (tertiary/aromatic N) is 2. The van der Waals surface area contributed by atoms with Gasteiger partial charge in [-0.1, -0.05) is 12.1 Å². The molecule has 0 radical (unpaired) electrons. The van der Waals surface area contributed by atoms with Gasteiger partial charge in [0.25, 0.3) is 0 Å². The average molecular weight is 545 g/mol. The fraction of sp³-hybridized carbons (Fsp3) is 0.353. The first-order valence-corrected chi connectivity index (χ1v) is 9.13. The third-order valence-electron chi connectivity index (χ3n) is 3.47. The van der Waals surface area contributed by atoms with Crippen molar-refractivity contribution in [3.63, 3.8) is 0 Å². The van der Waals surface area contributed by atoms with E-state index in [2.05, 4.69) is 25.9 Å². The molecule has 6 nitrogen and oxygen atoms in total. The Morgan fingerprint density at radius 2 is 1.93 bits per heavy atom. The highest BCUT2D eigenvalue weighted by Crippen LogP contribution is 2.29. The van der Waals surface area contributed by atoms with Crippen LogP contribution in [-0.2, 0) is 23.9 Å². The van der Waals surface area contributed by atoms with Crippen LogP contribution >= 0.6 is 35.3 Å². The van der Waals surface area contributed by atoms with Gasteiger partial charge >= 0.3 is 6.18 Å². The van der Waals surface area contributed by atoms with Crippen LogP contribution in [0.1, 0.15) is 16.3 Å². The summed E-state index contributed by atoms with van der Waals surface area (Å²) in [7, 11) is 1.51. The molecule has 3 N–H and O–H groups in total. The fourth-order valence-electron chi connectivity index (χ4n) is 2.18. The lowest BCUT2D eigenvalue weighted by Crippen LogP contribution is -2.41. The number of alkyl halides is 3. The van der Waals surface area contributed by atoms with Crippen molar-refractivity contribution in [2.45, 2.75) is 19.1 Å². The molecule has 2 rings (SSSR count). The number of amides is 1. The number of aromatic nitrogens is 1. The Kier molecular flexibility index (Phi) is 10.3. The van der Waals surface area contributed by atoms with E-state index < -0.39 is 17.7 Å². The van der Waals surface area contributed by atoms with Crippen molar-refractivity contribution >= 4 is 47.2 Å². The first-order chi connectivity index (χ1) is 13.3. The van der Waals surface area contributed by atoms with Gasteiger partial charge in [-0.3, -0.25) is 9.79 Å². The Labute approximate surface area is 186 Å². The highest BCUT2D eigenvalue weighted by molar-refractivity contribution is 14.0. The second kappa shape index (κ2) is 11.9. The summed E-state index contributed by atoms with van der Waals surface area (Å²) in [4.78, 5) is 19.3. The van der Waals surface area contributed by atoms with Crippen LogP contribution in [0.2, 0.25) is 0 Å². The maximum Gasteiger partial charge on any atom is 0.434 e. The molecule has 1 heterocycles. The van der Waals surface area contributed by atoms with Crippen LogP contribution in [0.25, 0.3) is 0 Å². The van der Waals surface area contributed by atoms with Gasteiger partial charge < -0.3 is 16.0 Å². The Bertz CT molecular complexity index is 828. The summed E-state index contributed by atoms with van der Waals surface area (Å²) in [6, 6.07) is 5.80. The van der Waals surface area contributed by atoms with E-state index in [1.165, 1.54) is 25.2 Å². The molecule has 0 fully saturated rings. The third kappa shape index (κ3) is 8.94. The normalized spacial score (nSPS) is 11.6. The number of carbonyl (C=O) groups excluding carboxylic acids is 1. The van der Waals surface area contributed by atoms with Gasteiger partial charge in [0.1, 0.15) is 10.8 Å². The number of benzene rings is 1. The predicted molar refractivity (Wildman–Crippen MR) is 114 cm³/mol. The SMILES string of the molecule is CN=C(NCCNC(=O)Cc1cccc(F)c1)NCc1nc(C(F)(F)F)cs1.I. The van der Waals surface area contributed by atoms with Crippen molar-refractivity contribution in [1.29, 1.82) is 0 Å². The lowest BCUT2D eigenvalue weighted by atomic mass is 10.1. The monoisotopic (exact) mass is 545 g/mol. The molecule has 160 valence electrons. The molecule has 0 atom stereocenters. The van der Waals surface area contributed by atoms with Gasteiger partial charge in [0, 0.05) is 25.5 Å². The number of rotatable bonds is 7. The van der Waals surface area contributed by atoms with Crippen LogP contribution < -0.4 is 16.0 Å². The molecule has 1 amide bonds. The van der Waals surface area contributed by atoms with E-state index in [9.17, 15) is 22.4 Å². The molecule has 0 aliphatic heterocycles. The standard InChI is InChI=1S/C17H19F4N5OS.HI/c1-22-16(25-9-15-26-13(10-28-15)17(19,20)21)24-6-5-23-14(27)8-11-3-2-4-12(18)7-11;/h2-4,7,10H,5-6,8-9H2,1H3,(H,23,27)(H2,22,24,25);1H. The smallest absolute Gasteiger partial charge is 0.355 e. The summed E-state index contributed by atoms with van der Waals surface area (Å²) in [6.07, 6.45) is -4.39. The topological polar surface area (TPSA) is 78.4 Å². The van der Waals surface area contributed by atoms with Gasteiger partial charge in [0.05, 0.1) is 13.0 Å². The minimum Gasteiger partial charge on any atom is -0.355 e. The number of aliphatic imine (C=N–C) groups is 1. The molecule has 2 aromatic rings. The van der Waals surface area contributed by atoms with Crippen LogP contribution in [0.5, 0.6) is 0 Å². The minimum atomic E-state index is -4.46. The lowest BCUT2D eigenvalue weighted by Gasteiger charge is -2.11. The maximum atomic E-state index is 13.1. The van der Waals surface area contributed by atoms with Gasteiger partial charge in [0.2, 0.25) is 5.91 Å². The van der Waals surface area contributed by atoms with Crippen LogP contribution in [0.3, 0.4) is 0 Å². The molecule has 0 bridgehead atoms. The summed E-state index contributed by atoms with van der Waals surface area (Å²) in [5, 5.41) is 9.69. The summed E-state index contributed by atoms with van der Waals surface area (Å²) < 4.78 is 50.7. The van der Waals surface area contributed by atoms with Crippen LogP contribution in [-0.4, -0.2) is 37.0 Å². The number of carbonyl (C=O) groups is 1. The lowest BCUT2D eigenvalue weighted by molar-refractivity contribution is -0.140. The number of halogens is 5. The Morgan fingerprint density at radius 1 is 1.21 bits per heavy atom. The highest BCUT2D eigenvalue weighted by Gasteiger charge is 2.33. The van der Waals surface area contributed by atoms with Gasteiger partial charge in [-0.2, -0.15) is 13.2 Å². The number of hydrogen-bond acceptors (Lipinski definition) is 4. The van der Waals surface area contributed by atoms with Gasteiger partial charge in [0.15, 0.2) is 11.7 Å². The zero-order valence-electron chi connectivity index (χ0n) is 15.3. The van der Waals surface area contributed by atoms with E-state index in [1.54, 1.807) is 6.07 Å². The van der Waals surface area contributed by atoms with Gasteiger partial charge in [-0.25, -0.2) is 9.37 Å². The molecule has 1 aromatic carbocycles. The van der Waals surface area contributed by atoms with Gasteiger partial charge in [-0.05, 0) is 17.7 Å². The Hall–Kier alpha value is -1.96. The van der Waals surface area contributed by atoms with Crippen molar-refractivity contribution < 1.29 is 22.4 Å². The summed E-state index contributed by atoms with van der Waals surface area (Å²) in [6.45, 7) is 0.733. The molecule has 0 aliphatic rings. The van der Waals surface area contributed by atoms with E-state index in [0.717, 1.165) is 16.7 Å². The van der Waals surface area contributed by atoms with E-state index >= 15 is 0 Å². The number of guanidine groups is 1. The first-order valence-electron chi connectivity index (χ1n) is 8.25. The summed E-state index contributed by atoms with van der Waals surface area (Å²) in [5.74, 6) is -0.287. The summed E-state index contributed by atoms with van der Waals surface area (Å²) >= 11 is 0.903. The third-order valence-corrected chi connectivity index (χ3v) is 4.31. The second-order valence-electron chi connectivity index (χ2n) is 5.63. The van der Waals surface area contributed by atoms with E-state index in [0.29, 0.717) is 24.6 Å². The van der Waals surface area contributed by atoms with Crippen LogP contribution in [0.15, 0.2) is 34.6 Å². The number of thiazole rings is 1. The molecular formula is C17H20F4IN5OS. The number of hydrogen-bond donors (Lipinski definition) is 3. The molecule has 0 saturated carbocycles. The van der Waals surface area contributed by atoms with Crippen molar-refractivity contribution in [3.8, 4) is 0 Å². The van der Waals surface area contributed by atoms with Crippen molar-refractivity contribution in [2.75, 3.05) is 20.1 Å². The maximum absolute atomic E-state index is 13.1.